The van der Waals surface area contributed by atoms with Crippen molar-refractivity contribution in [3.8, 4) is 16.9 Å². The van der Waals surface area contributed by atoms with Crippen LogP contribution in [0, 0.1) is 0 Å². The number of benzene rings is 3. The van der Waals surface area contributed by atoms with Gasteiger partial charge >= 0.3 is 5.97 Å². The predicted molar refractivity (Wildman–Crippen MR) is 123 cm³/mol. The predicted octanol–water partition coefficient (Wildman–Crippen LogP) is 4.56. The number of esters is 1. The first kappa shape index (κ1) is 20.9. The van der Waals surface area contributed by atoms with Crippen molar-refractivity contribution in [1.29, 1.82) is 0 Å². The van der Waals surface area contributed by atoms with Crippen molar-refractivity contribution in [2.75, 3.05) is 37.7 Å². The monoisotopic (exact) mass is 416 g/mol. The van der Waals surface area contributed by atoms with Crippen LogP contribution in [0.1, 0.15) is 22.8 Å². The molecule has 0 amide bonds. The third kappa shape index (κ3) is 5.06. The maximum absolute atomic E-state index is 11.8. The van der Waals surface area contributed by atoms with Crippen molar-refractivity contribution >= 4 is 11.7 Å². The number of carbonyl (C=O) groups excluding carboxylic acids is 1. The van der Waals surface area contributed by atoms with Gasteiger partial charge in [-0.3, -0.25) is 4.90 Å². The standard InChI is InChI=1S/C26H28N2O3/c1-2-31-26(30)21-7-11-23(12-8-21)28-17-15-27(16-18-28)19-22-5-3-4-6-25(22)20-9-13-24(29)14-10-20/h3-14,29H,2,15-19H2,1H3. The second kappa shape index (κ2) is 9.67. The molecule has 3 aromatic rings. The Morgan fingerprint density at radius 1 is 0.903 bits per heavy atom. The Morgan fingerprint density at radius 3 is 2.26 bits per heavy atom. The summed E-state index contributed by atoms with van der Waals surface area (Å²) < 4.78 is 5.06. The van der Waals surface area contributed by atoms with E-state index in [-0.39, 0.29) is 11.7 Å². The molecule has 0 spiro atoms. The number of hydrogen-bond donors (Lipinski definition) is 1. The van der Waals surface area contributed by atoms with E-state index in [9.17, 15) is 9.90 Å². The van der Waals surface area contributed by atoms with E-state index in [4.69, 9.17) is 4.74 Å². The minimum absolute atomic E-state index is 0.272. The molecule has 5 nitrogen and oxygen atoms in total. The molecule has 1 N–H and O–H groups in total. The lowest BCUT2D eigenvalue weighted by molar-refractivity contribution is 0.0526. The number of nitrogens with zero attached hydrogens (tertiary/aromatic N) is 2. The fourth-order valence-electron chi connectivity index (χ4n) is 4.01. The molecule has 0 aromatic heterocycles. The van der Waals surface area contributed by atoms with Gasteiger partial charge in [-0.1, -0.05) is 36.4 Å². The van der Waals surface area contributed by atoms with E-state index in [1.54, 1.807) is 12.1 Å². The summed E-state index contributed by atoms with van der Waals surface area (Å²) in [6.45, 7) is 6.94. The largest absolute Gasteiger partial charge is 0.508 e. The molecule has 0 aliphatic carbocycles. The number of carbonyl (C=O) groups is 1. The van der Waals surface area contributed by atoms with Crippen LogP contribution in [0.5, 0.6) is 5.75 Å². The highest BCUT2D eigenvalue weighted by molar-refractivity contribution is 5.89. The first-order chi connectivity index (χ1) is 15.1. The molecule has 0 saturated carbocycles. The first-order valence-corrected chi connectivity index (χ1v) is 10.8. The summed E-state index contributed by atoms with van der Waals surface area (Å²) in [6.07, 6.45) is 0. The van der Waals surface area contributed by atoms with Gasteiger partial charge in [0, 0.05) is 38.4 Å². The molecule has 0 atom stereocenters. The smallest absolute Gasteiger partial charge is 0.338 e. The second-order valence-corrected chi connectivity index (χ2v) is 7.73. The van der Waals surface area contributed by atoms with Crippen LogP contribution in [0.15, 0.2) is 72.8 Å². The van der Waals surface area contributed by atoms with E-state index in [2.05, 4.69) is 34.1 Å². The van der Waals surface area contributed by atoms with Gasteiger partial charge in [0.1, 0.15) is 5.75 Å². The summed E-state index contributed by atoms with van der Waals surface area (Å²) in [6, 6.07) is 23.6. The number of piperazine rings is 1. The van der Waals surface area contributed by atoms with Crippen LogP contribution in [0.2, 0.25) is 0 Å². The molecular weight excluding hydrogens is 388 g/mol. The van der Waals surface area contributed by atoms with Gasteiger partial charge < -0.3 is 14.7 Å². The van der Waals surface area contributed by atoms with Gasteiger partial charge in [0.2, 0.25) is 0 Å². The summed E-state index contributed by atoms with van der Waals surface area (Å²) in [5.74, 6) is 0.0128. The van der Waals surface area contributed by atoms with Crippen molar-refractivity contribution < 1.29 is 14.6 Å². The Labute approximate surface area is 183 Å². The Morgan fingerprint density at radius 2 is 1.58 bits per heavy atom. The van der Waals surface area contributed by atoms with Crippen molar-refractivity contribution in [1.82, 2.24) is 4.90 Å². The minimum Gasteiger partial charge on any atom is -0.508 e. The van der Waals surface area contributed by atoms with Crippen LogP contribution in [0.4, 0.5) is 5.69 Å². The van der Waals surface area contributed by atoms with Crippen LogP contribution in [-0.2, 0) is 11.3 Å². The number of phenols is 1. The zero-order valence-corrected chi connectivity index (χ0v) is 17.8. The van der Waals surface area contributed by atoms with Crippen LogP contribution < -0.4 is 4.90 Å². The summed E-state index contributed by atoms with van der Waals surface area (Å²) in [5, 5.41) is 9.58. The molecular formula is C26H28N2O3. The van der Waals surface area contributed by atoms with Crippen LogP contribution in [-0.4, -0.2) is 48.8 Å². The number of hydrogen-bond acceptors (Lipinski definition) is 5. The van der Waals surface area contributed by atoms with Crippen molar-refractivity contribution in [2.24, 2.45) is 0 Å². The molecule has 3 aromatic carbocycles. The van der Waals surface area contributed by atoms with Gasteiger partial charge in [-0.2, -0.15) is 0 Å². The van der Waals surface area contributed by atoms with Crippen LogP contribution >= 0.6 is 0 Å². The van der Waals surface area contributed by atoms with Gasteiger partial charge in [-0.25, -0.2) is 4.79 Å². The highest BCUT2D eigenvalue weighted by atomic mass is 16.5. The highest BCUT2D eigenvalue weighted by Gasteiger charge is 2.19. The fraction of sp³-hybridized carbons (Fsp3) is 0.269. The SMILES string of the molecule is CCOC(=O)c1ccc(N2CCN(Cc3ccccc3-c3ccc(O)cc3)CC2)cc1. The summed E-state index contributed by atoms with van der Waals surface area (Å²) in [5.41, 5.74) is 5.35. The number of phenolic OH excluding ortho intramolecular Hbond substituents is 1. The van der Waals surface area contributed by atoms with Gasteiger partial charge in [0.25, 0.3) is 0 Å². The maximum atomic E-state index is 11.8. The Balaban J connectivity index is 1.38. The van der Waals surface area contributed by atoms with Gasteiger partial charge in [-0.15, -0.1) is 0 Å². The average molecular weight is 417 g/mol. The molecule has 1 fully saturated rings. The molecule has 1 heterocycles. The summed E-state index contributed by atoms with van der Waals surface area (Å²) in [4.78, 5) is 16.7. The fourth-order valence-corrected chi connectivity index (χ4v) is 4.01. The van der Waals surface area contributed by atoms with E-state index in [1.807, 2.05) is 43.3 Å². The Bertz CT molecular complexity index is 1010. The highest BCUT2D eigenvalue weighted by Crippen LogP contribution is 2.27. The van der Waals surface area contributed by atoms with E-state index < -0.39 is 0 Å². The van der Waals surface area contributed by atoms with Crippen molar-refractivity contribution in [2.45, 2.75) is 13.5 Å². The van der Waals surface area contributed by atoms with E-state index in [1.165, 1.54) is 11.1 Å². The molecule has 0 radical (unpaired) electrons. The zero-order chi connectivity index (χ0) is 21.6. The number of rotatable bonds is 6. The quantitative estimate of drug-likeness (QED) is 0.597. The summed E-state index contributed by atoms with van der Waals surface area (Å²) in [7, 11) is 0. The molecule has 1 saturated heterocycles. The molecule has 5 heteroatoms. The number of aromatic hydroxyl groups is 1. The van der Waals surface area contributed by atoms with Crippen LogP contribution in [0.25, 0.3) is 11.1 Å². The second-order valence-electron chi connectivity index (χ2n) is 7.73. The lowest BCUT2D eigenvalue weighted by Crippen LogP contribution is -2.46. The molecule has 1 aliphatic heterocycles. The van der Waals surface area contributed by atoms with Gasteiger partial charge in [0.05, 0.1) is 12.2 Å². The molecule has 0 unspecified atom stereocenters. The zero-order valence-electron chi connectivity index (χ0n) is 17.8. The Kier molecular flexibility index (Phi) is 6.53. The van der Waals surface area contributed by atoms with E-state index >= 15 is 0 Å². The van der Waals surface area contributed by atoms with Crippen LogP contribution in [0.3, 0.4) is 0 Å². The number of ether oxygens (including phenoxy) is 1. The lowest BCUT2D eigenvalue weighted by Gasteiger charge is -2.36. The topological polar surface area (TPSA) is 53.0 Å². The molecule has 1 aliphatic rings. The first-order valence-electron chi connectivity index (χ1n) is 10.8. The third-order valence-electron chi connectivity index (χ3n) is 5.71. The molecule has 31 heavy (non-hydrogen) atoms. The average Bonchev–Trinajstić information content (AvgIpc) is 2.81. The number of anilines is 1. The molecule has 160 valence electrons. The van der Waals surface area contributed by atoms with E-state index in [0.29, 0.717) is 12.2 Å². The minimum atomic E-state index is -0.272. The molecule has 4 rings (SSSR count). The van der Waals surface area contributed by atoms with Gasteiger partial charge in [0.15, 0.2) is 0 Å². The summed E-state index contributed by atoms with van der Waals surface area (Å²) >= 11 is 0. The molecule has 0 bridgehead atoms. The normalized spacial score (nSPS) is 14.4. The van der Waals surface area contributed by atoms with Crippen molar-refractivity contribution in [3.05, 3.63) is 83.9 Å². The van der Waals surface area contributed by atoms with Crippen molar-refractivity contribution in [3.63, 3.8) is 0 Å². The lowest BCUT2D eigenvalue weighted by atomic mass is 9.99. The van der Waals surface area contributed by atoms with Gasteiger partial charge in [-0.05, 0) is 60.0 Å². The Hall–Kier alpha value is -3.31. The maximum Gasteiger partial charge on any atom is 0.338 e. The van der Waals surface area contributed by atoms with E-state index in [0.717, 1.165) is 44.0 Å². The third-order valence-corrected chi connectivity index (χ3v) is 5.71.